The molecule has 3 rings (SSSR count). The number of hydrogen-bond acceptors (Lipinski definition) is 4. The molecule has 1 heterocycles. The maximum absolute atomic E-state index is 13.0. The molecule has 0 spiro atoms. The topological polar surface area (TPSA) is 49.8 Å². The van der Waals surface area contributed by atoms with Crippen LogP contribution in [0, 0.1) is 12.7 Å². The number of nitrogens with one attached hydrogen (secondary N) is 2. The predicted molar refractivity (Wildman–Crippen MR) is 96.2 cm³/mol. The largest absolute Gasteiger partial charge is 0.340 e. The van der Waals surface area contributed by atoms with Crippen LogP contribution in [-0.2, 0) is 0 Å². The molecule has 0 bridgehead atoms. The van der Waals surface area contributed by atoms with Crippen molar-refractivity contribution in [1.29, 1.82) is 0 Å². The Morgan fingerprint density at radius 3 is 2.25 bits per heavy atom. The van der Waals surface area contributed by atoms with Crippen LogP contribution in [-0.4, -0.2) is 9.97 Å². The van der Waals surface area contributed by atoms with Crippen molar-refractivity contribution < 1.29 is 4.39 Å². The van der Waals surface area contributed by atoms with Gasteiger partial charge in [0.25, 0.3) is 0 Å². The zero-order chi connectivity index (χ0) is 17.1. The molecule has 0 saturated heterocycles. The highest BCUT2D eigenvalue weighted by atomic mass is 35.5. The molecule has 0 saturated carbocycles. The Morgan fingerprint density at radius 1 is 0.917 bits per heavy atom. The lowest BCUT2D eigenvalue weighted by Gasteiger charge is -2.12. The van der Waals surface area contributed by atoms with Gasteiger partial charge in [-0.3, -0.25) is 0 Å². The molecule has 7 heteroatoms. The Balaban J connectivity index is 1.87. The van der Waals surface area contributed by atoms with Crippen LogP contribution in [0.4, 0.5) is 27.5 Å². The molecule has 24 heavy (non-hydrogen) atoms. The lowest BCUT2D eigenvalue weighted by Crippen LogP contribution is -2.03. The molecule has 0 aliphatic rings. The molecule has 0 unspecified atom stereocenters. The number of rotatable bonds is 4. The Kier molecular flexibility index (Phi) is 4.83. The van der Waals surface area contributed by atoms with Gasteiger partial charge in [-0.1, -0.05) is 29.3 Å². The van der Waals surface area contributed by atoms with E-state index in [0.29, 0.717) is 27.5 Å². The molecule has 0 aliphatic heterocycles. The van der Waals surface area contributed by atoms with Crippen LogP contribution in [0.2, 0.25) is 10.0 Å². The summed E-state index contributed by atoms with van der Waals surface area (Å²) in [6.07, 6.45) is 0. The van der Waals surface area contributed by atoms with Crippen LogP contribution in [0.25, 0.3) is 0 Å². The van der Waals surface area contributed by atoms with Crippen molar-refractivity contribution >= 4 is 46.3 Å². The van der Waals surface area contributed by atoms with Gasteiger partial charge in [0.15, 0.2) is 0 Å². The van der Waals surface area contributed by atoms with E-state index in [9.17, 15) is 4.39 Å². The molecular weight excluding hydrogens is 350 g/mol. The van der Waals surface area contributed by atoms with Gasteiger partial charge in [0.1, 0.15) is 11.6 Å². The fourth-order valence-corrected chi connectivity index (χ4v) is 2.59. The third kappa shape index (κ3) is 3.93. The summed E-state index contributed by atoms with van der Waals surface area (Å²) >= 11 is 12.3. The summed E-state index contributed by atoms with van der Waals surface area (Å²) < 4.78 is 13.0. The lowest BCUT2D eigenvalue weighted by molar-refractivity contribution is 0.628. The molecular formula is C17H13Cl2FN4. The number of aromatic nitrogens is 2. The van der Waals surface area contributed by atoms with E-state index < -0.39 is 0 Å². The SMILES string of the molecule is Cc1cc(Nc2ccc(F)cc2)nc(Nc2c(Cl)cccc2Cl)n1. The molecule has 0 atom stereocenters. The average molecular weight is 363 g/mol. The number of anilines is 4. The van der Waals surface area contributed by atoms with Crippen LogP contribution >= 0.6 is 23.2 Å². The highest BCUT2D eigenvalue weighted by Crippen LogP contribution is 2.32. The molecule has 0 radical (unpaired) electrons. The summed E-state index contributed by atoms with van der Waals surface area (Å²) in [5, 5.41) is 7.08. The Bertz CT molecular complexity index is 849. The van der Waals surface area contributed by atoms with Crippen molar-refractivity contribution in [3.63, 3.8) is 0 Å². The summed E-state index contributed by atoms with van der Waals surface area (Å²) in [6, 6.07) is 13.0. The van der Waals surface area contributed by atoms with Crippen LogP contribution in [0.15, 0.2) is 48.5 Å². The number of benzene rings is 2. The summed E-state index contributed by atoms with van der Waals surface area (Å²) in [4.78, 5) is 8.71. The molecule has 0 aliphatic carbocycles. The van der Waals surface area contributed by atoms with Gasteiger partial charge >= 0.3 is 0 Å². The molecule has 3 aromatic rings. The summed E-state index contributed by atoms with van der Waals surface area (Å²) in [5.41, 5.74) is 2.01. The van der Waals surface area contributed by atoms with Gasteiger partial charge in [0.05, 0.1) is 15.7 Å². The molecule has 1 aromatic heterocycles. The monoisotopic (exact) mass is 362 g/mol. The molecule has 4 nitrogen and oxygen atoms in total. The quantitative estimate of drug-likeness (QED) is 0.623. The van der Waals surface area contributed by atoms with Gasteiger partial charge in [-0.2, -0.15) is 4.98 Å². The Labute approximate surface area is 148 Å². The fraction of sp³-hybridized carbons (Fsp3) is 0.0588. The van der Waals surface area contributed by atoms with Gasteiger partial charge in [-0.15, -0.1) is 0 Å². The van der Waals surface area contributed by atoms with E-state index in [1.807, 2.05) is 6.92 Å². The maximum Gasteiger partial charge on any atom is 0.229 e. The number of hydrogen-bond donors (Lipinski definition) is 2. The minimum Gasteiger partial charge on any atom is -0.340 e. The average Bonchev–Trinajstić information content (AvgIpc) is 2.53. The first kappa shape index (κ1) is 16.5. The van der Waals surface area contributed by atoms with Crippen molar-refractivity contribution in [3.8, 4) is 0 Å². The van der Waals surface area contributed by atoms with Crippen LogP contribution < -0.4 is 10.6 Å². The normalized spacial score (nSPS) is 10.5. The lowest BCUT2D eigenvalue weighted by atomic mass is 10.3. The van der Waals surface area contributed by atoms with Crippen molar-refractivity contribution in [2.24, 2.45) is 0 Å². The van der Waals surface area contributed by atoms with Gasteiger partial charge in [-0.05, 0) is 43.3 Å². The van der Waals surface area contributed by atoms with Crippen molar-refractivity contribution in [3.05, 3.63) is 70.1 Å². The van der Waals surface area contributed by atoms with Gasteiger partial charge in [0, 0.05) is 17.4 Å². The number of nitrogens with zero attached hydrogens (tertiary/aromatic N) is 2. The number of para-hydroxylation sites is 1. The van der Waals surface area contributed by atoms with Crippen molar-refractivity contribution in [2.45, 2.75) is 6.92 Å². The zero-order valence-corrected chi connectivity index (χ0v) is 14.2. The summed E-state index contributed by atoms with van der Waals surface area (Å²) in [5.74, 6) is 0.629. The van der Waals surface area contributed by atoms with Crippen molar-refractivity contribution in [1.82, 2.24) is 9.97 Å². The third-order valence-electron chi connectivity index (χ3n) is 3.17. The first-order chi connectivity index (χ1) is 11.5. The number of aryl methyl sites for hydroxylation is 1. The maximum atomic E-state index is 13.0. The van der Waals surface area contributed by atoms with Gasteiger partial charge in [-0.25, -0.2) is 9.37 Å². The van der Waals surface area contributed by atoms with Gasteiger partial charge in [0.2, 0.25) is 5.95 Å². The van der Waals surface area contributed by atoms with E-state index in [0.717, 1.165) is 11.4 Å². The van der Waals surface area contributed by atoms with E-state index in [4.69, 9.17) is 23.2 Å². The second-order valence-electron chi connectivity index (χ2n) is 5.07. The highest BCUT2D eigenvalue weighted by Gasteiger charge is 2.09. The Hall–Kier alpha value is -2.37. The van der Waals surface area contributed by atoms with Gasteiger partial charge < -0.3 is 10.6 Å². The molecule has 2 aromatic carbocycles. The number of halogens is 3. The summed E-state index contributed by atoms with van der Waals surface area (Å²) in [6.45, 7) is 1.84. The molecule has 0 fully saturated rings. The Morgan fingerprint density at radius 2 is 1.58 bits per heavy atom. The highest BCUT2D eigenvalue weighted by molar-refractivity contribution is 6.39. The minimum atomic E-state index is -0.296. The molecule has 0 amide bonds. The van der Waals surface area contributed by atoms with Crippen molar-refractivity contribution in [2.75, 3.05) is 10.6 Å². The van der Waals surface area contributed by atoms with Crippen LogP contribution in [0.1, 0.15) is 5.69 Å². The van der Waals surface area contributed by atoms with Crippen LogP contribution in [0.3, 0.4) is 0 Å². The summed E-state index contributed by atoms with van der Waals surface area (Å²) in [7, 11) is 0. The van der Waals surface area contributed by atoms with E-state index in [2.05, 4.69) is 20.6 Å². The standard InChI is InChI=1S/C17H13Cl2FN4/c1-10-9-15(22-12-7-5-11(20)6-8-12)23-17(21-10)24-16-13(18)3-2-4-14(16)19/h2-9H,1H3,(H2,21,22,23,24). The van der Waals surface area contributed by atoms with Crippen LogP contribution in [0.5, 0.6) is 0 Å². The second-order valence-corrected chi connectivity index (χ2v) is 5.89. The molecule has 122 valence electrons. The van der Waals surface area contributed by atoms with E-state index in [-0.39, 0.29) is 5.82 Å². The zero-order valence-electron chi connectivity index (χ0n) is 12.6. The van der Waals surface area contributed by atoms with E-state index in [1.54, 1.807) is 36.4 Å². The second kappa shape index (κ2) is 7.03. The fourth-order valence-electron chi connectivity index (χ4n) is 2.10. The predicted octanol–water partition coefficient (Wildman–Crippen LogP) is 5.72. The smallest absolute Gasteiger partial charge is 0.229 e. The van der Waals surface area contributed by atoms with E-state index >= 15 is 0 Å². The van der Waals surface area contributed by atoms with E-state index in [1.165, 1.54) is 12.1 Å². The molecule has 2 N–H and O–H groups in total. The third-order valence-corrected chi connectivity index (χ3v) is 3.80. The first-order valence-electron chi connectivity index (χ1n) is 7.10. The minimum absolute atomic E-state index is 0.296. The first-order valence-corrected chi connectivity index (χ1v) is 7.86.